The molecule has 1 N–H and O–H groups in total. The van der Waals surface area contributed by atoms with Crippen molar-refractivity contribution in [3.8, 4) is 0 Å². The van der Waals surface area contributed by atoms with E-state index >= 15 is 0 Å². The Morgan fingerprint density at radius 2 is 2.05 bits per heavy atom. The molecule has 0 radical (unpaired) electrons. The molecule has 0 aromatic heterocycles. The van der Waals surface area contributed by atoms with Gasteiger partial charge in [-0.3, -0.25) is 9.59 Å². The average molecular weight is 301 g/mol. The third-order valence-corrected chi connectivity index (χ3v) is 5.04. The number of carbonyl (C=O) groups excluding carboxylic acids is 2. The van der Waals surface area contributed by atoms with Gasteiger partial charge in [0.15, 0.2) is 0 Å². The van der Waals surface area contributed by atoms with Crippen molar-refractivity contribution in [1.82, 2.24) is 5.32 Å². The van der Waals surface area contributed by atoms with Crippen LogP contribution in [0.1, 0.15) is 48.8 Å². The first-order valence-corrected chi connectivity index (χ1v) is 8.06. The van der Waals surface area contributed by atoms with Crippen molar-refractivity contribution >= 4 is 11.9 Å². The Kier molecular flexibility index (Phi) is 3.94. The van der Waals surface area contributed by atoms with Gasteiger partial charge >= 0.3 is 5.97 Å². The molecule has 118 valence electrons. The van der Waals surface area contributed by atoms with Crippen molar-refractivity contribution in [3.63, 3.8) is 0 Å². The fourth-order valence-corrected chi connectivity index (χ4v) is 3.80. The lowest BCUT2D eigenvalue weighted by Gasteiger charge is -2.28. The maximum absolute atomic E-state index is 12.6. The fourth-order valence-electron chi connectivity index (χ4n) is 3.80. The zero-order valence-corrected chi connectivity index (χ0v) is 13.3. The monoisotopic (exact) mass is 301 g/mol. The van der Waals surface area contributed by atoms with E-state index in [-0.39, 0.29) is 24.2 Å². The van der Waals surface area contributed by atoms with Crippen molar-refractivity contribution in [3.05, 3.63) is 34.9 Å². The highest BCUT2D eigenvalue weighted by Gasteiger charge is 2.53. The van der Waals surface area contributed by atoms with Crippen LogP contribution in [-0.4, -0.2) is 17.5 Å². The van der Waals surface area contributed by atoms with Gasteiger partial charge in [0.1, 0.15) is 5.60 Å². The van der Waals surface area contributed by atoms with Gasteiger partial charge in [-0.15, -0.1) is 0 Å². The molecule has 2 aliphatic rings. The molecule has 0 bridgehead atoms. The minimum Gasteiger partial charge on any atom is -0.458 e. The van der Waals surface area contributed by atoms with Gasteiger partial charge in [-0.2, -0.15) is 0 Å². The molecule has 1 heterocycles. The molecule has 1 aliphatic carbocycles. The second-order valence-electron chi connectivity index (χ2n) is 6.65. The van der Waals surface area contributed by atoms with E-state index in [1.165, 1.54) is 11.1 Å². The van der Waals surface area contributed by atoms with E-state index in [9.17, 15) is 9.59 Å². The van der Waals surface area contributed by atoms with Crippen molar-refractivity contribution in [1.29, 1.82) is 0 Å². The Labute approximate surface area is 131 Å². The van der Waals surface area contributed by atoms with Gasteiger partial charge in [-0.1, -0.05) is 23.8 Å². The maximum atomic E-state index is 12.6. The lowest BCUT2D eigenvalue weighted by atomic mass is 9.85. The fraction of sp³-hybridized carbons (Fsp3) is 0.556. The van der Waals surface area contributed by atoms with Crippen LogP contribution in [0, 0.1) is 19.8 Å². The van der Waals surface area contributed by atoms with Crippen molar-refractivity contribution in [2.75, 3.05) is 0 Å². The topological polar surface area (TPSA) is 55.4 Å². The summed E-state index contributed by atoms with van der Waals surface area (Å²) in [6, 6.07) is 6.21. The molecular formula is C18H23NO3. The number of ether oxygens (including phenoxy) is 1. The van der Waals surface area contributed by atoms with Crippen LogP contribution in [0.4, 0.5) is 0 Å². The number of aryl methyl sites for hydroxylation is 2. The summed E-state index contributed by atoms with van der Waals surface area (Å²) in [4.78, 5) is 24.2. The van der Waals surface area contributed by atoms with Crippen molar-refractivity contribution in [2.45, 2.75) is 58.1 Å². The number of hydrogen-bond donors (Lipinski definition) is 1. The standard InChI is InChI=1S/C18H23NO3/c1-12-5-6-14(13(2)9-12)11-19-17(21)15-10-16(20)22-18(15)7-3-4-8-18/h5-6,9,15H,3-4,7-8,10-11H2,1-2H3,(H,19,21)/t15-/m1/s1. The molecule has 2 fully saturated rings. The number of benzene rings is 1. The molecule has 4 nitrogen and oxygen atoms in total. The Balaban J connectivity index is 1.67. The summed E-state index contributed by atoms with van der Waals surface area (Å²) >= 11 is 0. The molecule has 22 heavy (non-hydrogen) atoms. The molecule has 4 heteroatoms. The van der Waals surface area contributed by atoms with Gasteiger partial charge in [0.2, 0.25) is 5.91 Å². The summed E-state index contributed by atoms with van der Waals surface area (Å²) < 4.78 is 5.54. The largest absolute Gasteiger partial charge is 0.458 e. The SMILES string of the molecule is Cc1ccc(CNC(=O)[C@H]2CC(=O)OC23CCCC3)c(C)c1. The number of rotatable bonds is 3. The normalized spacial score (nSPS) is 22.8. The van der Waals surface area contributed by atoms with E-state index in [2.05, 4.69) is 31.3 Å². The number of nitrogens with one attached hydrogen (secondary N) is 1. The van der Waals surface area contributed by atoms with E-state index in [1.54, 1.807) is 0 Å². The molecule has 1 saturated heterocycles. The molecule has 1 spiro atoms. The molecule has 3 rings (SSSR count). The molecule has 1 aliphatic heterocycles. The maximum Gasteiger partial charge on any atom is 0.307 e. The predicted molar refractivity (Wildman–Crippen MR) is 83.2 cm³/mol. The van der Waals surface area contributed by atoms with Crippen LogP contribution in [0.25, 0.3) is 0 Å². The molecule has 1 aromatic carbocycles. The summed E-state index contributed by atoms with van der Waals surface area (Å²) in [5, 5.41) is 3.00. The Morgan fingerprint density at radius 3 is 2.73 bits per heavy atom. The molecule has 1 atom stereocenters. The second kappa shape index (κ2) is 5.75. The van der Waals surface area contributed by atoms with E-state index in [1.807, 2.05) is 6.07 Å². The summed E-state index contributed by atoms with van der Waals surface area (Å²) in [5.41, 5.74) is 2.98. The number of amides is 1. The van der Waals surface area contributed by atoms with E-state index < -0.39 is 5.60 Å². The molecule has 1 aromatic rings. The highest BCUT2D eigenvalue weighted by molar-refractivity contribution is 5.87. The Bertz CT molecular complexity index is 602. The number of esters is 1. The Morgan fingerprint density at radius 1 is 1.32 bits per heavy atom. The molecule has 1 saturated carbocycles. The van der Waals surface area contributed by atoms with Crippen LogP contribution in [0.2, 0.25) is 0 Å². The minimum absolute atomic E-state index is 0.0484. The highest BCUT2D eigenvalue weighted by atomic mass is 16.6. The van der Waals surface area contributed by atoms with Crippen LogP contribution < -0.4 is 5.32 Å². The van der Waals surface area contributed by atoms with Gasteiger partial charge in [-0.25, -0.2) is 0 Å². The predicted octanol–water partition coefficient (Wildman–Crippen LogP) is 2.80. The lowest BCUT2D eigenvalue weighted by molar-refractivity contribution is -0.149. The van der Waals surface area contributed by atoms with Crippen LogP contribution in [0.5, 0.6) is 0 Å². The Hall–Kier alpha value is -1.84. The van der Waals surface area contributed by atoms with Gasteiger partial charge in [0.25, 0.3) is 0 Å². The summed E-state index contributed by atoms with van der Waals surface area (Å²) in [6.45, 7) is 4.61. The van der Waals surface area contributed by atoms with Crippen LogP contribution in [0.15, 0.2) is 18.2 Å². The molecular weight excluding hydrogens is 278 g/mol. The van der Waals surface area contributed by atoms with Crippen molar-refractivity contribution in [2.24, 2.45) is 5.92 Å². The van der Waals surface area contributed by atoms with Crippen LogP contribution in [0.3, 0.4) is 0 Å². The van der Waals surface area contributed by atoms with Gasteiger partial charge in [0.05, 0.1) is 12.3 Å². The van der Waals surface area contributed by atoms with Crippen LogP contribution in [-0.2, 0) is 20.9 Å². The van der Waals surface area contributed by atoms with Gasteiger partial charge in [-0.05, 0) is 50.7 Å². The molecule has 1 amide bonds. The minimum atomic E-state index is -0.524. The molecule has 0 unspecified atom stereocenters. The third kappa shape index (κ3) is 2.74. The number of carbonyl (C=O) groups is 2. The van der Waals surface area contributed by atoms with Crippen LogP contribution >= 0.6 is 0 Å². The van der Waals surface area contributed by atoms with E-state index in [0.717, 1.165) is 31.2 Å². The van der Waals surface area contributed by atoms with E-state index in [4.69, 9.17) is 4.74 Å². The van der Waals surface area contributed by atoms with Gasteiger partial charge < -0.3 is 10.1 Å². The quantitative estimate of drug-likeness (QED) is 0.873. The smallest absolute Gasteiger partial charge is 0.307 e. The zero-order chi connectivity index (χ0) is 15.7. The van der Waals surface area contributed by atoms with Crippen molar-refractivity contribution < 1.29 is 14.3 Å². The zero-order valence-electron chi connectivity index (χ0n) is 13.3. The first-order valence-electron chi connectivity index (χ1n) is 8.06. The first kappa shape index (κ1) is 15.1. The average Bonchev–Trinajstić information content (AvgIpc) is 3.05. The summed E-state index contributed by atoms with van der Waals surface area (Å²) in [6.07, 6.45) is 3.93. The van der Waals surface area contributed by atoms with E-state index in [0.29, 0.717) is 6.54 Å². The first-order chi connectivity index (χ1) is 10.5. The lowest BCUT2D eigenvalue weighted by Crippen LogP contribution is -2.42. The van der Waals surface area contributed by atoms with Gasteiger partial charge in [0, 0.05) is 6.54 Å². The summed E-state index contributed by atoms with van der Waals surface area (Å²) in [7, 11) is 0. The third-order valence-electron chi connectivity index (χ3n) is 5.04. The highest BCUT2D eigenvalue weighted by Crippen LogP contribution is 2.45. The summed E-state index contributed by atoms with van der Waals surface area (Å²) in [5.74, 6) is -0.602. The second-order valence-corrected chi connectivity index (χ2v) is 6.65. The number of hydrogen-bond acceptors (Lipinski definition) is 3.